The molecule has 2 N–H and O–H groups in total. The van der Waals surface area contributed by atoms with Crippen LogP contribution in [0.25, 0.3) is 0 Å². The van der Waals surface area contributed by atoms with E-state index in [2.05, 4.69) is 12.2 Å². The van der Waals surface area contributed by atoms with E-state index in [0.29, 0.717) is 11.5 Å². The van der Waals surface area contributed by atoms with Crippen molar-refractivity contribution in [3.05, 3.63) is 85.0 Å². The van der Waals surface area contributed by atoms with Crippen molar-refractivity contribution in [2.75, 3.05) is 0 Å². The number of hydrogen-bond donors (Lipinski definition) is 2. The average molecular weight is 337 g/mol. The van der Waals surface area contributed by atoms with Crippen LogP contribution in [0.15, 0.2) is 78.9 Å². The number of hydrogen-bond acceptors (Lipinski definition) is 2. The number of rotatable bonds is 0. The molecule has 1 aliphatic carbocycles. The molecule has 2 aromatic carbocycles. The number of phenolic OH excluding ortho intramolecular Hbond substituents is 2. The van der Waals surface area contributed by atoms with Crippen molar-refractivity contribution >= 4 is 0 Å². The quantitative estimate of drug-likeness (QED) is 0.558. The molecule has 0 radical (unpaired) electrons. The molecule has 0 heterocycles. The molecule has 1 aliphatic rings. The Kier molecular flexibility index (Phi) is 15.5. The zero-order valence-corrected chi connectivity index (χ0v) is 13.8. The van der Waals surface area contributed by atoms with Crippen molar-refractivity contribution < 1.29 is 44.3 Å². The van der Waals surface area contributed by atoms with Gasteiger partial charge in [-0.3, -0.25) is 6.08 Å². The van der Waals surface area contributed by atoms with Crippen molar-refractivity contribution in [2.24, 2.45) is 0 Å². The summed E-state index contributed by atoms with van der Waals surface area (Å²) < 4.78 is 0. The number of allylic oxidation sites excluding steroid dienone is 4. The van der Waals surface area contributed by atoms with Crippen molar-refractivity contribution in [1.29, 1.82) is 0 Å². The Morgan fingerprint density at radius 3 is 1.33 bits per heavy atom. The van der Waals surface area contributed by atoms with Crippen LogP contribution in [-0.2, 0) is 21.7 Å². The van der Waals surface area contributed by atoms with Gasteiger partial charge < -0.3 is 22.6 Å². The first-order valence-electron chi connectivity index (χ1n) is 5.99. The smallest absolute Gasteiger partial charge is 1.00 e. The van der Waals surface area contributed by atoms with Gasteiger partial charge in [-0.05, 0) is 24.3 Å². The summed E-state index contributed by atoms with van der Waals surface area (Å²) in [5.41, 5.74) is 0. The molecular formula is C17H17ClO2Ti. The molecule has 0 unspecified atom stereocenters. The Morgan fingerprint density at radius 2 is 1.19 bits per heavy atom. The third-order valence-corrected chi connectivity index (χ3v) is 2.10. The SMILES string of the molecule is Oc1ccccc1.Oc1ccccc1.[C-]1=CC=CC1.[Cl-].[Ti+2]. The number of phenols is 2. The van der Waals surface area contributed by atoms with Crippen LogP contribution >= 0.6 is 0 Å². The summed E-state index contributed by atoms with van der Waals surface area (Å²) in [4.78, 5) is 0. The average Bonchev–Trinajstić information content (AvgIpc) is 3.00. The molecule has 0 aliphatic heterocycles. The van der Waals surface area contributed by atoms with Crippen molar-refractivity contribution in [3.8, 4) is 11.5 Å². The molecule has 0 spiro atoms. The van der Waals surface area contributed by atoms with E-state index in [1.165, 1.54) is 0 Å². The molecule has 0 aromatic heterocycles. The summed E-state index contributed by atoms with van der Waals surface area (Å²) in [6.07, 6.45) is 10.0. The van der Waals surface area contributed by atoms with E-state index in [9.17, 15) is 0 Å². The fourth-order valence-corrected chi connectivity index (χ4v) is 1.20. The minimum absolute atomic E-state index is 0. The largest absolute Gasteiger partial charge is 2.00 e. The van der Waals surface area contributed by atoms with E-state index in [-0.39, 0.29) is 34.1 Å². The van der Waals surface area contributed by atoms with Crippen LogP contribution in [0.4, 0.5) is 0 Å². The molecule has 0 amide bonds. The minimum atomic E-state index is 0. The van der Waals surface area contributed by atoms with Gasteiger partial charge in [-0.2, -0.15) is 6.08 Å². The van der Waals surface area contributed by atoms with Crippen molar-refractivity contribution in [2.45, 2.75) is 6.42 Å². The Morgan fingerprint density at radius 1 is 0.762 bits per heavy atom. The Hall–Kier alpha value is -1.48. The van der Waals surface area contributed by atoms with Crippen molar-refractivity contribution in [3.63, 3.8) is 0 Å². The molecule has 0 saturated carbocycles. The standard InChI is InChI=1S/2C6H6O.C5H5.ClH.Ti/c2*7-6-4-2-1-3-5-6;1-2-4-5-3-1;;/h2*1-5,7H;1-3H,4H2;1H;/q;;-1;;+2/p-1. The first-order valence-corrected chi connectivity index (χ1v) is 5.99. The first-order chi connectivity index (χ1) is 9.29. The van der Waals surface area contributed by atoms with Crippen LogP contribution in [0.2, 0.25) is 0 Å². The fraction of sp³-hybridized carbons (Fsp3) is 0.0588. The van der Waals surface area contributed by atoms with Crippen LogP contribution in [0.1, 0.15) is 6.42 Å². The Bertz CT molecular complexity index is 451. The number of benzene rings is 2. The molecule has 21 heavy (non-hydrogen) atoms. The molecular weight excluding hydrogens is 320 g/mol. The summed E-state index contributed by atoms with van der Waals surface area (Å²) in [6, 6.07) is 17.4. The van der Waals surface area contributed by atoms with E-state index in [4.69, 9.17) is 10.2 Å². The molecule has 3 rings (SSSR count). The molecule has 0 bridgehead atoms. The predicted octanol–water partition coefficient (Wildman–Crippen LogP) is 1.09. The van der Waals surface area contributed by atoms with Gasteiger partial charge in [0.15, 0.2) is 0 Å². The van der Waals surface area contributed by atoms with Gasteiger partial charge in [0.05, 0.1) is 0 Å². The van der Waals surface area contributed by atoms with Gasteiger partial charge in [0.1, 0.15) is 11.5 Å². The second-order valence-electron chi connectivity index (χ2n) is 3.67. The van der Waals surface area contributed by atoms with Gasteiger partial charge >= 0.3 is 21.7 Å². The molecule has 2 nitrogen and oxygen atoms in total. The van der Waals surface area contributed by atoms with Gasteiger partial charge in [-0.25, -0.2) is 12.2 Å². The summed E-state index contributed by atoms with van der Waals surface area (Å²) in [5, 5.41) is 17.3. The molecule has 0 saturated heterocycles. The maximum atomic E-state index is 8.63. The molecule has 0 atom stereocenters. The van der Waals surface area contributed by atoms with Gasteiger partial charge in [0.2, 0.25) is 0 Å². The summed E-state index contributed by atoms with van der Waals surface area (Å²) >= 11 is 0. The Balaban J connectivity index is 0. The second kappa shape index (κ2) is 14.9. The normalized spacial score (nSPS) is 9.90. The molecule has 0 fully saturated rings. The van der Waals surface area contributed by atoms with E-state index in [0.717, 1.165) is 6.42 Å². The third kappa shape index (κ3) is 13.3. The zero-order chi connectivity index (χ0) is 13.8. The van der Waals surface area contributed by atoms with Gasteiger partial charge in [-0.15, -0.1) is 6.42 Å². The fourth-order valence-electron chi connectivity index (χ4n) is 1.20. The van der Waals surface area contributed by atoms with Crippen LogP contribution in [-0.4, -0.2) is 10.2 Å². The van der Waals surface area contributed by atoms with Crippen LogP contribution in [0.5, 0.6) is 11.5 Å². The zero-order valence-electron chi connectivity index (χ0n) is 11.5. The molecule has 2 aromatic rings. The number of para-hydroxylation sites is 2. The van der Waals surface area contributed by atoms with Gasteiger partial charge in [-0.1, -0.05) is 36.4 Å². The van der Waals surface area contributed by atoms with Crippen LogP contribution in [0.3, 0.4) is 0 Å². The minimum Gasteiger partial charge on any atom is -1.00 e. The number of halogens is 1. The van der Waals surface area contributed by atoms with E-state index >= 15 is 0 Å². The van der Waals surface area contributed by atoms with E-state index in [1.807, 2.05) is 24.3 Å². The maximum Gasteiger partial charge on any atom is 2.00 e. The van der Waals surface area contributed by atoms with Crippen molar-refractivity contribution in [1.82, 2.24) is 0 Å². The van der Waals surface area contributed by atoms with Gasteiger partial charge in [0, 0.05) is 0 Å². The van der Waals surface area contributed by atoms with Crippen LogP contribution in [0, 0.1) is 6.08 Å². The van der Waals surface area contributed by atoms with E-state index < -0.39 is 0 Å². The summed E-state index contributed by atoms with van der Waals surface area (Å²) in [6.45, 7) is 0. The summed E-state index contributed by atoms with van der Waals surface area (Å²) in [5.74, 6) is 0.644. The number of aromatic hydroxyl groups is 2. The summed E-state index contributed by atoms with van der Waals surface area (Å²) in [7, 11) is 0. The van der Waals surface area contributed by atoms with Gasteiger partial charge in [0.25, 0.3) is 0 Å². The third-order valence-electron chi connectivity index (χ3n) is 2.10. The topological polar surface area (TPSA) is 40.5 Å². The second-order valence-corrected chi connectivity index (χ2v) is 3.67. The predicted molar refractivity (Wildman–Crippen MR) is 77.8 cm³/mol. The Labute approximate surface area is 147 Å². The molecule has 4 heteroatoms. The van der Waals surface area contributed by atoms with Crippen LogP contribution < -0.4 is 12.4 Å². The molecule has 108 valence electrons. The monoisotopic (exact) mass is 336 g/mol. The maximum absolute atomic E-state index is 8.63. The first kappa shape index (κ1) is 21.8. The van der Waals surface area contributed by atoms with E-state index in [1.54, 1.807) is 48.5 Å².